The van der Waals surface area contributed by atoms with Gasteiger partial charge in [0.05, 0.1) is 26.2 Å². The molecule has 0 saturated carbocycles. The predicted octanol–water partition coefficient (Wildman–Crippen LogP) is 3.41. The van der Waals surface area contributed by atoms with Gasteiger partial charge in [0.1, 0.15) is 11.9 Å². The zero-order chi connectivity index (χ0) is 14.8. The second-order valence-corrected chi connectivity index (χ2v) is 4.81. The van der Waals surface area contributed by atoms with Crippen LogP contribution in [0, 0.1) is 0 Å². The maximum atomic E-state index is 12.3. The van der Waals surface area contributed by atoms with Crippen molar-refractivity contribution < 1.29 is 19.0 Å². The van der Waals surface area contributed by atoms with Gasteiger partial charge in [0.15, 0.2) is 17.3 Å². The van der Waals surface area contributed by atoms with Gasteiger partial charge >= 0.3 is 0 Å². The van der Waals surface area contributed by atoms with E-state index < -0.39 is 0 Å². The molecule has 0 N–H and O–H groups in total. The van der Waals surface area contributed by atoms with Crippen LogP contribution in [0.15, 0.2) is 42.5 Å². The van der Waals surface area contributed by atoms with Crippen molar-refractivity contribution in [3.8, 4) is 17.2 Å². The third-order valence-corrected chi connectivity index (χ3v) is 3.61. The Morgan fingerprint density at radius 1 is 1.05 bits per heavy atom. The fourth-order valence-corrected chi connectivity index (χ4v) is 2.61. The lowest BCUT2D eigenvalue weighted by atomic mass is 9.95. The molecule has 0 unspecified atom stereocenters. The molecule has 0 radical (unpaired) electrons. The summed E-state index contributed by atoms with van der Waals surface area (Å²) in [4.78, 5) is 12.3. The number of hydrogen-bond donors (Lipinski definition) is 0. The fraction of sp³-hybridized carbons (Fsp3) is 0.235. The third kappa shape index (κ3) is 2.33. The minimum atomic E-state index is -0.363. The molecule has 3 rings (SSSR count). The first-order valence-electron chi connectivity index (χ1n) is 6.74. The molecule has 1 aliphatic rings. The number of methoxy groups -OCH3 is 2. The van der Waals surface area contributed by atoms with Gasteiger partial charge in [0.25, 0.3) is 0 Å². The van der Waals surface area contributed by atoms with Crippen LogP contribution in [0.4, 0.5) is 0 Å². The van der Waals surface area contributed by atoms with Crippen LogP contribution in [-0.2, 0) is 0 Å². The number of benzene rings is 2. The molecule has 0 amide bonds. The maximum Gasteiger partial charge on any atom is 0.170 e. The summed E-state index contributed by atoms with van der Waals surface area (Å²) in [6, 6.07) is 12.9. The minimum absolute atomic E-state index is 0.0757. The largest absolute Gasteiger partial charge is 0.493 e. The van der Waals surface area contributed by atoms with Gasteiger partial charge in [-0.1, -0.05) is 24.3 Å². The molecule has 0 bridgehead atoms. The van der Waals surface area contributed by atoms with Crippen molar-refractivity contribution >= 4 is 5.78 Å². The van der Waals surface area contributed by atoms with Crippen molar-refractivity contribution in [1.29, 1.82) is 0 Å². The van der Waals surface area contributed by atoms with E-state index in [0.29, 0.717) is 29.2 Å². The molecule has 0 aliphatic carbocycles. The molecular weight excluding hydrogens is 268 g/mol. The Balaban J connectivity index is 2.02. The summed E-state index contributed by atoms with van der Waals surface area (Å²) in [5.74, 6) is 1.93. The number of rotatable bonds is 3. The summed E-state index contributed by atoms with van der Waals surface area (Å²) in [5.41, 5.74) is 1.45. The molecular formula is C17H16O4. The highest BCUT2D eigenvalue weighted by Gasteiger charge is 2.30. The van der Waals surface area contributed by atoms with E-state index in [2.05, 4.69) is 0 Å². The lowest BCUT2D eigenvalue weighted by Gasteiger charge is -2.27. The number of ether oxygens (including phenoxy) is 3. The summed E-state index contributed by atoms with van der Waals surface area (Å²) in [7, 11) is 3.17. The van der Waals surface area contributed by atoms with Crippen LogP contribution in [0.3, 0.4) is 0 Å². The summed E-state index contributed by atoms with van der Waals surface area (Å²) >= 11 is 0. The molecule has 1 heterocycles. The van der Waals surface area contributed by atoms with E-state index in [1.807, 2.05) is 36.4 Å². The molecule has 108 valence electrons. The molecule has 4 heteroatoms. The smallest absolute Gasteiger partial charge is 0.170 e. The first kappa shape index (κ1) is 13.5. The summed E-state index contributed by atoms with van der Waals surface area (Å²) in [6.07, 6.45) is -0.0713. The molecule has 1 aliphatic heterocycles. The van der Waals surface area contributed by atoms with Crippen LogP contribution in [0.2, 0.25) is 0 Å². The van der Waals surface area contributed by atoms with Gasteiger partial charge in [-0.05, 0) is 18.2 Å². The second kappa shape index (κ2) is 5.48. The average molecular weight is 284 g/mol. The molecule has 0 saturated heterocycles. The quantitative estimate of drug-likeness (QED) is 0.866. The highest BCUT2D eigenvalue weighted by Crippen LogP contribution is 2.41. The SMILES string of the molecule is COc1cccc([C@H]2CC(=O)c3ccccc3O2)c1OC. The highest BCUT2D eigenvalue weighted by atomic mass is 16.5. The van der Waals surface area contributed by atoms with Crippen molar-refractivity contribution in [2.45, 2.75) is 12.5 Å². The number of carbonyl (C=O) groups excluding carboxylic acids is 1. The Kier molecular flexibility index (Phi) is 3.52. The number of para-hydroxylation sites is 2. The van der Waals surface area contributed by atoms with E-state index in [-0.39, 0.29) is 11.9 Å². The van der Waals surface area contributed by atoms with E-state index in [4.69, 9.17) is 14.2 Å². The Bertz CT molecular complexity index is 678. The minimum Gasteiger partial charge on any atom is -0.493 e. The van der Waals surface area contributed by atoms with E-state index in [1.54, 1.807) is 20.3 Å². The third-order valence-electron chi connectivity index (χ3n) is 3.61. The lowest BCUT2D eigenvalue weighted by molar-refractivity contribution is 0.0846. The molecule has 1 atom stereocenters. The molecule has 21 heavy (non-hydrogen) atoms. The number of hydrogen-bond acceptors (Lipinski definition) is 4. The van der Waals surface area contributed by atoms with Crippen LogP contribution in [-0.4, -0.2) is 20.0 Å². The Labute approximate surface area is 123 Å². The highest BCUT2D eigenvalue weighted by molar-refractivity contribution is 6.00. The monoisotopic (exact) mass is 284 g/mol. The van der Waals surface area contributed by atoms with Crippen molar-refractivity contribution in [2.75, 3.05) is 14.2 Å². The molecule has 4 nitrogen and oxygen atoms in total. The number of ketones is 1. The lowest BCUT2D eigenvalue weighted by Crippen LogP contribution is -2.20. The Morgan fingerprint density at radius 2 is 1.86 bits per heavy atom. The number of fused-ring (bicyclic) bond motifs is 1. The van der Waals surface area contributed by atoms with E-state index in [9.17, 15) is 4.79 Å². The molecule has 2 aromatic rings. The van der Waals surface area contributed by atoms with Crippen molar-refractivity contribution in [2.24, 2.45) is 0 Å². The summed E-state index contributed by atoms with van der Waals surface area (Å²) < 4.78 is 16.7. The molecule has 0 spiro atoms. The molecule has 0 aromatic heterocycles. The zero-order valence-electron chi connectivity index (χ0n) is 12.0. The van der Waals surface area contributed by atoms with E-state index >= 15 is 0 Å². The first-order valence-corrected chi connectivity index (χ1v) is 6.74. The zero-order valence-corrected chi connectivity index (χ0v) is 12.0. The number of carbonyl (C=O) groups is 1. The van der Waals surface area contributed by atoms with Gasteiger partial charge in [-0.15, -0.1) is 0 Å². The fourth-order valence-electron chi connectivity index (χ4n) is 2.61. The topological polar surface area (TPSA) is 44.8 Å². The van der Waals surface area contributed by atoms with Crippen LogP contribution in [0.1, 0.15) is 28.4 Å². The first-order chi connectivity index (χ1) is 10.2. The summed E-state index contributed by atoms with van der Waals surface area (Å²) in [6.45, 7) is 0. The second-order valence-electron chi connectivity index (χ2n) is 4.81. The van der Waals surface area contributed by atoms with Crippen molar-refractivity contribution in [1.82, 2.24) is 0 Å². The summed E-state index contributed by atoms with van der Waals surface area (Å²) in [5, 5.41) is 0. The van der Waals surface area contributed by atoms with Gasteiger partial charge in [-0.3, -0.25) is 4.79 Å². The van der Waals surface area contributed by atoms with Crippen LogP contribution >= 0.6 is 0 Å². The van der Waals surface area contributed by atoms with Gasteiger partial charge in [0.2, 0.25) is 0 Å². The average Bonchev–Trinajstić information content (AvgIpc) is 2.54. The Hall–Kier alpha value is -2.49. The van der Waals surface area contributed by atoms with Crippen molar-refractivity contribution in [3.05, 3.63) is 53.6 Å². The van der Waals surface area contributed by atoms with Crippen LogP contribution in [0.25, 0.3) is 0 Å². The van der Waals surface area contributed by atoms with Gasteiger partial charge in [-0.2, -0.15) is 0 Å². The van der Waals surface area contributed by atoms with Crippen molar-refractivity contribution in [3.63, 3.8) is 0 Å². The van der Waals surface area contributed by atoms with Crippen LogP contribution in [0.5, 0.6) is 17.2 Å². The van der Waals surface area contributed by atoms with Gasteiger partial charge in [-0.25, -0.2) is 0 Å². The molecule has 0 fully saturated rings. The van der Waals surface area contributed by atoms with Gasteiger partial charge < -0.3 is 14.2 Å². The van der Waals surface area contributed by atoms with E-state index in [1.165, 1.54) is 0 Å². The standard InChI is InChI=1S/C17H16O4/c1-19-15-9-5-7-12(17(15)20-2)16-10-13(18)11-6-3-4-8-14(11)21-16/h3-9,16H,10H2,1-2H3/t16-/m1/s1. The maximum absolute atomic E-state index is 12.3. The van der Waals surface area contributed by atoms with Gasteiger partial charge in [0, 0.05) is 5.56 Å². The number of Topliss-reactive ketones (excluding diaryl/α,β-unsaturated/α-hetero) is 1. The normalized spacial score (nSPS) is 16.9. The van der Waals surface area contributed by atoms with Crippen LogP contribution < -0.4 is 14.2 Å². The Morgan fingerprint density at radius 3 is 2.62 bits per heavy atom. The predicted molar refractivity (Wildman–Crippen MR) is 78.3 cm³/mol. The molecule has 2 aromatic carbocycles. The van der Waals surface area contributed by atoms with E-state index in [0.717, 1.165) is 5.56 Å².